The molecule has 0 aliphatic rings. The molecule has 0 aromatic heterocycles. The molecule has 0 fully saturated rings. The molecule has 6 nitrogen and oxygen atoms in total. The molecule has 0 saturated carbocycles. The number of hydrogen-bond donors (Lipinski definition) is 1. The van der Waals surface area contributed by atoms with Crippen molar-refractivity contribution in [3.8, 4) is 0 Å². The van der Waals surface area contributed by atoms with Gasteiger partial charge < -0.3 is 5.32 Å². The molecule has 0 unspecified atom stereocenters. The zero-order chi connectivity index (χ0) is 18.6. The molecule has 0 saturated heterocycles. The number of aldehydes is 1. The first-order valence-corrected chi connectivity index (χ1v) is 9.20. The maximum atomic E-state index is 12.5. The van der Waals surface area contributed by atoms with Gasteiger partial charge in [-0.15, -0.1) is 0 Å². The lowest BCUT2D eigenvalue weighted by Gasteiger charge is -2.18. The Labute approximate surface area is 155 Å². The molecule has 132 valence electrons. The van der Waals surface area contributed by atoms with Gasteiger partial charge in [0.2, 0.25) is 15.9 Å². The molecule has 0 aliphatic heterocycles. The number of anilines is 1. The summed E-state index contributed by atoms with van der Waals surface area (Å²) >= 11 is 11.7. The number of nitrogens with one attached hydrogen (secondary N) is 1. The summed E-state index contributed by atoms with van der Waals surface area (Å²) in [6.45, 7) is -0.435. The summed E-state index contributed by atoms with van der Waals surface area (Å²) in [5.41, 5.74) is 0.415. The monoisotopic (exact) mass is 400 g/mol. The van der Waals surface area contributed by atoms with Gasteiger partial charge in [-0.25, -0.2) is 8.42 Å². The van der Waals surface area contributed by atoms with Crippen LogP contribution in [0.25, 0.3) is 0 Å². The normalized spacial score (nSPS) is 11.4. The third-order valence-corrected chi connectivity index (χ3v) is 5.92. The zero-order valence-electron chi connectivity index (χ0n) is 13.1. The molecular weight excluding hydrogens is 387 g/mol. The van der Waals surface area contributed by atoms with Crippen molar-refractivity contribution >= 4 is 51.1 Å². The van der Waals surface area contributed by atoms with Gasteiger partial charge in [-0.3, -0.25) is 9.59 Å². The predicted octanol–water partition coefficient (Wildman–Crippen LogP) is 3.07. The maximum Gasteiger partial charge on any atom is 0.244 e. The molecule has 2 aromatic rings. The van der Waals surface area contributed by atoms with Crippen LogP contribution in [0.1, 0.15) is 10.4 Å². The number of halogens is 2. The van der Waals surface area contributed by atoms with Crippen LogP contribution in [0, 0.1) is 0 Å². The number of benzene rings is 2. The lowest BCUT2D eigenvalue weighted by Crippen LogP contribution is -2.35. The van der Waals surface area contributed by atoms with Gasteiger partial charge in [0.05, 0.1) is 21.5 Å². The van der Waals surface area contributed by atoms with E-state index in [1.165, 1.54) is 37.4 Å². The van der Waals surface area contributed by atoms with Crippen LogP contribution >= 0.6 is 23.2 Å². The molecule has 2 aromatic carbocycles. The predicted molar refractivity (Wildman–Crippen MR) is 96.7 cm³/mol. The minimum absolute atomic E-state index is 0.0271. The Morgan fingerprint density at radius 1 is 1.16 bits per heavy atom. The van der Waals surface area contributed by atoms with Crippen molar-refractivity contribution in [2.24, 2.45) is 0 Å². The van der Waals surface area contributed by atoms with Crippen molar-refractivity contribution in [2.75, 3.05) is 18.9 Å². The lowest BCUT2D eigenvalue weighted by atomic mass is 10.2. The van der Waals surface area contributed by atoms with Gasteiger partial charge in [-0.2, -0.15) is 4.31 Å². The second-order valence-electron chi connectivity index (χ2n) is 5.09. The molecule has 0 radical (unpaired) electrons. The third kappa shape index (κ3) is 4.58. The van der Waals surface area contributed by atoms with E-state index in [1.54, 1.807) is 12.1 Å². The van der Waals surface area contributed by atoms with Crippen LogP contribution in [0.4, 0.5) is 5.69 Å². The highest BCUT2D eigenvalue weighted by atomic mass is 35.5. The Bertz CT molecular complexity index is 916. The largest absolute Gasteiger partial charge is 0.325 e. The van der Waals surface area contributed by atoms with Gasteiger partial charge in [-0.05, 0) is 24.3 Å². The number of hydrogen-bond acceptors (Lipinski definition) is 4. The first kappa shape index (κ1) is 19.4. The van der Waals surface area contributed by atoms with E-state index in [4.69, 9.17) is 23.2 Å². The molecular formula is C16H14Cl2N2O4S. The van der Waals surface area contributed by atoms with E-state index in [0.29, 0.717) is 17.0 Å². The maximum absolute atomic E-state index is 12.5. The molecule has 0 aliphatic carbocycles. The average Bonchev–Trinajstić information content (AvgIpc) is 2.58. The summed E-state index contributed by atoms with van der Waals surface area (Å²) in [4.78, 5) is 23.0. The van der Waals surface area contributed by atoms with Gasteiger partial charge >= 0.3 is 0 Å². The summed E-state index contributed by atoms with van der Waals surface area (Å²) in [5.74, 6) is -0.562. The topological polar surface area (TPSA) is 83.6 Å². The summed E-state index contributed by atoms with van der Waals surface area (Å²) in [6.07, 6.45) is 0.455. The van der Waals surface area contributed by atoms with Crippen LogP contribution in [-0.2, 0) is 14.8 Å². The van der Waals surface area contributed by atoms with Crippen molar-refractivity contribution in [1.82, 2.24) is 4.31 Å². The fraction of sp³-hybridized carbons (Fsp3) is 0.125. The first-order valence-electron chi connectivity index (χ1n) is 7.01. The Morgan fingerprint density at radius 2 is 1.84 bits per heavy atom. The molecule has 1 amide bonds. The van der Waals surface area contributed by atoms with Gasteiger partial charge in [-0.1, -0.05) is 41.4 Å². The molecule has 0 bridgehead atoms. The Kier molecular flexibility index (Phi) is 6.18. The SMILES string of the molecule is CN(CC(=O)Nc1ccc(Cl)c(Cl)c1)S(=O)(=O)c1ccccc1C=O. The van der Waals surface area contributed by atoms with E-state index in [-0.39, 0.29) is 15.5 Å². The summed E-state index contributed by atoms with van der Waals surface area (Å²) < 4.78 is 26.0. The quantitative estimate of drug-likeness (QED) is 0.755. The van der Waals surface area contributed by atoms with Crippen molar-refractivity contribution in [3.63, 3.8) is 0 Å². The number of carbonyl (C=O) groups excluding carboxylic acids is 2. The molecule has 1 N–H and O–H groups in total. The Hall–Kier alpha value is -1.93. The second kappa shape index (κ2) is 7.97. The zero-order valence-corrected chi connectivity index (χ0v) is 15.4. The minimum Gasteiger partial charge on any atom is -0.325 e. The minimum atomic E-state index is -3.99. The smallest absolute Gasteiger partial charge is 0.244 e. The third-order valence-electron chi connectivity index (χ3n) is 3.30. The molecule has 0 spiro atoms. The fourth-order valence-electron chi connectivity index (χ4n) is 2.04. The number of nitrogens with zero attached hydrogens (tertiary/aromatic N) is 1. The molecule has 9 heteroatoms. The van der Waals surface area contributed by atoms with Crippen LogP contribution < -0.4 is 5.32 Å². The van der Waals surface area contributed by atoms with E-state index in [0.717, 1.165) is 4.31 Å². The highest BCUT2D eigenvalue weighted by Crippen LogP contribution is 2.25. The van der Waals surface area contributed by atoms with Crippen LogP contribution in [0.5, 0.6) is 0 Å². The number of sulfonamides is 1. The van der Waals surface area contributed by atoms with Gasteiger partial charge in [0.15, 0.2) is 6.29 Å². The van der Waals surface area contributed by atoms with Crippen molar-refractivity contribution in [3.05, 3.63) is 58.1 Å². The van der Waals surface area contributed by atoms with E-state index >= 15 is 0 Å². The molecule has 25 heavy (non-hydrogen) atoms. The molecule has 0 heterocycles. The lowest BCUT2D eigenvalue weighted by molar-refractivity contribution is -0.116. The van der Waals surface area contributed by atoms with Crippen molar-refractivity contribution in [2.45, 2.75) is 4.90 Å². The first-order chi connectivity index (χ1) is 11.8. The summed E-state index contributed by atoms with van der Waals surface area (Å²) in [7, 11) is -2.73. The van der Waals surface area contributed by atoms with E-state index < -0.39 is 22.5 Å². The molecule has 0 atom stereocenters. The average molecular weight is 401 g/mol. The van der Waals surface area contributed by atoms with Crippen LogP contribution in [0.15, 0.2) is 47.4 Å². The van der Waals surface area contributed by atoms with E-state index in [2.05, 4.69) is 5.32 Å². The fourth-order valence-corrected chi connectivity index (χ4v) is 3.63. The second-order valence-corrected chi connectivity index (χ2v) is 7.92. The number of amides is 1. The molecule has 2 rings (SSSR count). The highest BCUT2D eigenvalue weighted by molar-refractivity contribution is 7.89. The van der Waals surface area contributed by atoms with E-state index in [9.17, 15) is 18.0 Å². The summed E-state index contributed by atoms with van der Waals surface area (Å²) in [6, 6.07) is 10.3. The van der Waals surface area contributed by atoms with Crippen LogP contribution in [0.3, 0.4) is 0 Å². The Morgan fingerprint density at radius 3 is 2.48 bits per heavy atom. The number of rotatable bonds is 6. The van der Waals surface area contributed by atoms with Crippen LogP contribution in [0.2, 0.25) is 10.0 Å². The van der Waals surface area contributed by atoms with Crippen LogP contribution in [-0.4, -0.2) is 38.5 Å². The van der Waals surface area contributed by atoms with Crippen molar-refractivity contribution < 1.29 is 18.0 Å². The Balaban J connectivity index is 2.14. The highest BCUT2D eigenvalue weighted by Gasteiger charge is 2.25. The number of carbonyl (C=O) groups is 2. The number of likely N-dealkylation sites (N-methyl/N-ethyl adjacent to an activating group) is 1. The summed E-state index contributed by atoms with van der Waals surface area (Å²) in [5, 5.41) is 3.14. The van der Waals surface area contributed by atoms with E-state index in [1.807, 2.05) is 0 Å². The van der Waals surface area contributed by atoms with Gasteiger partial charge in [0.1, 0.15) is 0 Å². The standard InChI is InChI=1S/C16H14Cl2N2O4S/c1-20(25(23,24)15-5-3-2-4-11(15)10-21)9-16(22)19-12-6-7-13(17)14(18)8-12/h2-8,10H,9H2,1H3,(H,19,22). The van der Waals surface area contributed by atoms with Gasteiger partial charge in [0, 0.05) is 18.3 Å². The van der Waals surface area contributed by atoms with Gasteiger partial charge in [0.25, 0.3) is 0 Å². The van der Waals surface area contributed by atoms with Crippen molar-refractivity contribution in [1.29, 1.82) is 0 Å².